The van der Waals surface area contributed by atoms with E-state index in [0.717, 1.165) is 42.3 Å². The van der Waals surface area contributed by atoms with E-state index in [1.54, 1.807) is 6.07 Å². The van der Waals surface area contributed by atoms with E-state index in [2.05, 4.69) is 15.5 Å². The molecule has 2 unspecified atom stereocenters. The first kappa shape index (κ1) is 16.8. The first-order valence-corrected chi connectivity index (χ1v) is 9.71. The van der Waals surface area contributed by atoms with Crippen LogP contribution in [0.3, 0.4) is 0 Å². The van der Waals surface area contributed by atoms with Gasteiger partial charge in [-0.3, -0.25) is 4.79 Å². The molecule has 2 saturated heterocycles. The molecule has 3 heterocycles. The van der Waals surface area contributed by atoms with Crippen LogP contribution in [0.2, 0.25) is 5.02 Å². The summed E-state index contributed by atoms with van der Waals surface area (Å²) in [6.45, 7) is 1.85. The largest absolute Gasteiger partial charge is 0.330 e. The highest BCUT2D eigenvalue weighted by molar-refractivity contribution is 7.99. The summed E-state index contributed by atoms with van der Waals surface area (Å²) in [6.07, 6.45) is 3.17. The predicted octanol–water partition coefficient (Wildman–Crippen LogP) is 3.25. The number of hydrogen-bond donors (Lipinski definition) is 1. The van der Waals surface area contributed by atoms with Crippen LogP contribution in [0.4, 0.5) is 0 Å². The molecule has 1 aromatic heterocycles. The molecule has 2 fully saturated rings. The summed E-state index contributed by atoms with van der Waals surface area (Å²) >= 11 is 7.62. The maximum absolute atomic E-state index is 12.9. The van der Waals surface area contributed by atoms with Crippen LogP contribution in [-0.4, -0.2) is 46.2 Å². The number of nitrogens with zero attached hydrogens (tertiary/aromatic N) is 3. The summed E-state index contributed by atoms with van der Waals surface area (Å²) < 4.78 is 0. The number of rotatable bonds is 3. The molecule has 5 nitrogen and oxygen atoms in total. The Hall–Kier alpha value is -1.63. The van der Waals surface area contributed by atoms with Gasteiger partial charge in [0.1, 0.15) is 5.03 Å². The van der Waals surface area contributed by atoms with Gasteiger partial charge in [-0.15, -0.1) is 10.2 Å². The molecule has 2 aliphatic rings. The lowest BCUT2D eigenvalue weighted by Crippen LogP contribution is -2.42. The van der Waals surface area contributed by atoms with E-state index in [4.69, 9.17) is 11.6 Å². The minimum Gasteiger partial charge on any atom is -0.330 e. The number of carbonyl (C=O) groups excluding carboxylic acids is 1. The van der Waals surface area contributed by atoms with Crippen LogP contribution in [-0.2, 0) is 0 Å². The summed E-state index contributed by atoms with van der Waals surface area (Å²) in [6, 6.07) is 11.8. The molecular weight excluding hydrogens is 356 g/mol. The van der Waals surface area contributed by atoms with Crippen molar-refractivity contribution < 1.29 is 4.79 Å². The third-order valence-electron chi connectivity index (χ3n) is 4.80. The Bertz CT molecular complexity index is 756. The summed E-state index contributed by atoms with van der Waals surface area (Å²) in [7, 11) is 0. The van der Waals surface area contributed by atoms with Crippen molar-refractivity contribution >= 4 is 29.3 Å². The molecule has 2 atom stereocenters. The summed E-state index contributed by atoms with van der Waals surface area (Å²) in [4.78, 5) is 15.8. The fourth-order valence-corrected chi connectivity index (χ4v) is 4.58. The SMILES string of the molecule is O=C(c1ccc(Sc2ccccc2Cl)nn1)N1C2CCNCC1CC2. The zero-order valence-corrected chi connectivity index (χ0v) is 15.3. The zero-order valence-electron chi connectivity index (χ0n) is 13.7. The molecule has 4 rings (SSSR count). The summed E-state index contributed by atoms with van der Waals surface area (Å²) in [5, 5.41) is 13.2. The van der Waals surface area contributed by atoms with Gasteiger partial charge in [-0.25, -0.2) is 0 Å². The van der Waals surface area contributed by atoms with Crippen molar-refractivity contribution in [1.29, 1.82) is 0 Å². The molecular formula is C18H19ClN4OS. The van der Waals surface area contributed by atoms with E-state index >= 15 is 0 Å². The monoisotopic (exact) mass is 374 g/mol. The third kappa shape index (κ3) is 3.52. The van der Waals surface area contributed by atoms with E-state index in [9.17, 15) is 4.79 Å². The number of aromatic nitrogens is 2. The van der Waals surface area contributed by atoms with Crippen LogP contribution in [0.15, 0.2) is 46.3 Å². The molecule has 0 saturated carbocycles. The van der Waals surface area contributed by atoms with Crippen molar-refractivity contribution in [3.05, 3.63) is 47.1 Å². The molecule has 2 bridgehead atoms. The lowest BCUT2D eigenvalue weighted by molar-refractivity contribution is 0.0672. The number of hydrogen-bond acceptors (Lipinski definition) is 5. The Labute approximate surface area is 156 Å². The number of fused-ring (bicyclic) bond motifs is 2. The minimum atomic E-state index is -0.00186. The Kier molecular flexibility index (Phi) is 4.92. The molecule has 0 aliphatic carbocycles. The van der Waals surface area contributed by atoms with Gasteiger partial charge in [0.15, 0.2) is 5.69 Å². The Morgan fingerprint density at radius 3 is 2.76 bits per heavy atom. The Balaban J connectivity index is 1.50. The van der Waals surface area contributed by atoms with Crippen molar-refractivity contribution in [3.8, 4) is 0 Å². The summed E-state index contributed by atoms with van der Waals surface area (Å²) in [5.74, 6) is -0.00186. The van der Waals surface area contributed by atoms with Gasteiger partial charge in [-0.05, 0) is 50.1 Å². The van der Waals surface area contributed by atoms with Crippen LogP contribution in [0.5, 0.6) is 0 Å². The van der Waals surface area contributed by atoms with Gasteiger partial charge in [0.25, 0.3) is 5.91 Å². The van der Waals surface area contributed by atoms with Gasteiger partial charge in [0, 0.05) is 23.5 Å². The van der Waals surface area contributed by atoms with Crippen LogP contribution >= 0.6 is 23.4 Å². The Morgan fingerprint density at radius 2 is 1.96 bits per heavy atom. The van der Waals surface area contributed by atoms with Gasteiger partial charge < -0.3 is 10.2 Å². The van der Waals surface area contributed by atoms with Crippen molar-refractivity contribution in [3.63, 3.8) is 0 Å². The smallest absolute Gasteiger partial charge is 0.274 e. The molecule has 25 heavy (non-hydrogen) atoms. The molecule has 1 amide bonds. The quantitative estimate of drug-likeness (QED) is 0.893. The van der Waals surface area contributed by atoms with Crippen molar-refractivity contribution in [2.24, 2.45) is 0 Å². The lowest BCUT2D eigenvalue weighted by atomic mass is 10.1. The maximum atomic E-state index is 12.9. The molecule has 1 N–H and O–H groups in total. The molecule has 0 spiro atoms. The second kappa shape index (κ2) is 7.32. The number of nitrogens with one attached hydrogen (secondary N) is 1. The van der Waals surface area contributed by atoms with Gasteiger partial charge >= 0.3 is 0 Å². The van der Waals surface area contributed by atoms with Crippen LogP contribution in [0.1, 0.15) is 29.8 Å². The van der Waals surface area contributed by atoms with Crippen molar-refractivity contribution in [2.45, 2.75) is 41.3 Å². The van der Waals surface area contributed by atoms with Gasteiger partial charge in [-0.1, -0.05) is 35.5 Å². The number of halogens is 1. The topological polar surface area (TPSA) is 58.1 Å². The van der Waals surface area contributed by atoms with E-state index < -0.39 is 0 Å². The van der Waals surface area contributed by atoms with Crippen LogP contribution in [0.25, 0.3) is 0 Å². The van der Waals surface area contributed by atoms with Gasteiger partial charge in [0.2, 0.25) is 0 Å². The van der Waals surface area contributed by atoms with Gasteiger partial charge in [-0.2, -0.15) is 0 Å². The van der Waals surface area contributed by atoms with E-state index in [0.29, 0.717) is 16.8 Å². The molecule has 0 radical (unpaired) electrons. The number of carbonyl (C=O) groups is 1. The second-order valence-electron chi connectivity index (χ2n) is 6.38. The van der Waals surface area contributed by atoms with E-state index in [-0.39, 0.29) is 11.9 Å². The fraction of sp³-hybridized carbons (Fsp3) is 0.389. The number of benzene rings is 1. The summed E-state index contributed by atoms with van der Waals surface area (Å²) in [5.41, 5.74) is 0.419. The van der Waals surface area contributed by atoms with E-state index in [1.807, 2.05) is 35.2 Å². The molecule has 1 aromatic carbocycles. The van der Waals surface area contributed by atoms with Crippen molar-refractivity contribution in [2.75, 3.05) is 13.1 Å². The average Bonchev–Trinajstić information content (AvgIpc) is 2.90. The van der Waals surface area contributed by atoms with E-state index in [1.165, 1.54) is 11.8 Å². The average molecular weight is 375 g/mol. The highest BCUT2D eigenvalue weighted by Gasteiger charge is 2.38. The second-order valence-corrected chi connectivity index (χ2v) is 7.85. The van der Waals surface area contributed by atoms with Crippen molar-refractivity contribution in [1.82, 2.24) is 20.4 Å². The van der Waals surface area contributed by atoms with Crippen LogP contribution in [0, 0.1) is 0 Å². The first-order chi connectivity index (χ1) is 12.2. The Morgan fingerprint density at radius 1 is 1.12 bits per heavy atom. The minimum absolute atomic E-state index is 0.00186. The highest BCUT2D eigenvalue weighted by Crippen LogP contribution is 2.32. The maximum Gasteiger partial charge on any atom is 0.274 e. The van der Waals surface area contributed by atoms with Gasteiger partial charge in [0.05, 0.1) is 5.02 Å². The molecule has 7 heteroatoms. The van der Waals surface area contributed by atoms with Crippen LogP contribution < -0.4 is 5.32 Å². The fourth-order valence-electron chi connectivity index (χ4n) is 3.57. The third-order valence-corrected chi connectivity index (χ3v) is 6.24. The zero-order chi connectivity index (χ0) is 17.2. The molecule has 2 aliphatic heterocycles. The first-order valence-electron chi connectivity index (χ1n) is 8.52. The standard InChI is InChI=1S/C18H19ClN4OS/c19-14-3-1-2-4-16(14)25-17-8-7-15(21-22-17)18(24)23-12-5-6-13(23)11-20-10-9-12/h1-4,7-8,12-13,20H,5-6,9-11H2. The normalized spacial score (nSPS) is 22.7. The predicted molar refractivity (Wildman–Crippen MR) is 98.1 cm³/mol. The highest BCUT2D eigenvalue weighted by atomic mass is 35.5. The molecule has 2 aromatic rings. The number of amides is 1. The molecule has 130 valence electrons. The lowest BCUT2D eigenvalue weighted by Gasteiger charge is -2.27.